The van der Waals surface area contributed by atoms with E-state index in [2.05, 4.69) is 26.8 Å². The first-order chi connectivity index (χ1) is 12.2. The van der Waals surface area contributed by atoms with Crippen LogP contribution in [0.15, 0.2) is 77.3 Å². The van der Waals surface area contributed by atoms with Gasteiger partial charge in [0.1, 0.15) is 12.4 Å². The molecule has 0 heterocycles. The van der Waals surface area contributed by atoms with Gasteiger partial charge >= 0.3 is 0 Å². The summed E-state index contributed by atoms with van der Waals surface area (Å²) in [5, 5.41) is 0.686. The first kappa shape index (κ1) is 17.8. The van der Waals surface area contributed by atoms with Crippen LogP contribution < -0.4 is 15.6 Å². The molecule has 3 rings (SSSR count). The third-order valence-corrected chi connectivity index (χ3v) is 4.32. The van der Waals surface area contributed by atoms with Crippen LogP contribution in [0, 0.1) is 0 Å². The third kappa shape index (κ3) is 5.49. The molecule has 0 aliphatic heterocycles. The summed E-state index contributed by atoms with van der Waals surface area (Å²) in [6.45, 7) is 1.09. The van der Waals surface area contributed by atoms with Crippen molar-refractivity contribution in [2.24, 2.45) is 0 Å². The maximum Gasteiger partial charge on any atom is 0.124 e. The molecule has 3 aromatic rings. The molecule has 0 unspecified atom stereocenters. The summed E-state index contributed by atoms with van der Waals surface area (Å²) >= 11 is 9.62. The quantitative estimate of drug-likeness (QED) is 0.477. The molecule has 0 aliphatic carbocycles. The monoisotopic (exact) mass is 416 g/mol. The van der Waals surface area contributed by atoms with Gasteiger partial charge in [-0.1, -0.05) is 57.9 Å². The zero-order valence-corrected chi connectivity index (χ0v) is 15.8. The Balaban J connectivity index is 1.63. The van der Waals surface area contributed by atoms with E-state index in [4.69, 9.17) is 16.3 Å². The van der Waals surface area contributed by atoms with Crippen LogP contribution in [0.1, 0.15) is 11.1 Å². The number of hydrogen-bond donors (Lipinski definition) is 2. The van der Waals surface area contributed by atoms with Crippen LogP contribution in [0.2, 0.25) is 5.02 Å². The fourth-order valence-electron chi connectivity index (χ4n) is 2.38. The average molecular weight is 418 g/mol. The van der Waals surface area contributed by atoms with Crippen molar-refractivity contribution in [3.05, 3.63) is 93.4 Å². The molecule has 0 bridgehead atoms. The fourth-order valence-corrected chi connectivity index (χ4v) is 3.02. The lowest BCUT2D eigenvalue weighted by Gasteiger charge is -2.14. The molecule has 0 atom stereocenters. The summed E-state index contributed by atoms with van der Waals surface area (Å²) in [5.41, 5.74) is 9.46. The maximum absolute atomic E-state index is 6.14. The summed E-state index contributed by atoms with van der Waals surface area (Å²) < 4.78 is 7.03. The highest BCUT2D eigenvalue weighted by molar-refractivity contribution is 9.10. The van der Waals surface area contributed by atoms with Crippen molar-refractivity contribution >= 4 is 33.2 Å². The molecule has 0 amide bonds. The number of halogens is 2. The molecule has 0 spiro atoms. The van der Waals surface area contributed by atoms with Crippen molar-refractivity contribution in [1.29, 1.82) is 0 Å². The minimum Gasteiger partial charge on any atom is -0.489 e. The van der Waals surface area contributed by atoms with Crippen LogP contribution in [-0.2, 0) is 13.2 Å². The van der Waals surface area contributed by atoms with Gasteiger partial charge in [0.25, 0.3) is 0 Å². The van der Waals surface area contributed by atoms with Gasteiger partial charge in [0.2, 0.25) is 0 Å². The van der Waals surface area contributed by atoms with Gasteiger partial charge in [0, 0.05) is 27.3 Å². The predicted octanol–water partition coefficient (Wildman–Crippen LogP) is 5.80. The van der Waals surface area contributed by atoms with E-state index < -0.39 is 0 Å². The van der Waals surface area contributed by atoms with Gasteiger partial charge in [-0.25, -0.2) is 5.43 Å². The van der Waals surface area contributed by atoms with Crippen LogP contribution in [-0.4, -0.2) is 0 Å². The average Bonchev–Trinajstić information content (AvgIpc) is 2.62. The normalized spacial score (nSPS) is 10.5. The van der Waals surface area contributed by atoms with Crippen LogP contribution in [0.3, 0.4) is 0 Å². The number of para-hydroxylation sites is 1. The first-order valence-electron chi connectivity index (χ1n) is 7.90. The lowest BCUT2D eigenvalue weighted by molar-refractivity contribution is 0.302. The molecule has 3 aromatic carbocycles. The second-order valence-electron chi connectivity index (χ2n) is 5.52. The van der Waals surface area contributed by atoms with Crippen molar-refractivity contribution in [2.45, 2.75) is 13.2 Å². The summed E-state index contributed by atoms with van der Waals surface area (Å²) in [6, 6.07) is 23.7. The molecule has 0 saturated heterocycles. The van der Waals surface area contributed by atoms with Crippen molar-refractivity contribution in [1.82, 2.24) is 5.43 Å². The van der Waals surface area contributed by atoms with Crippen molar-refractivity contribution in [2.75, 3.05) is 5.43 Å². The van der Waals surface area contributed by atoms with Gasteiger partial charge in [0.15, 0.2) is 0 Å². The predicted molar refractivity (Wildman–Crippen MR) is 107 cm³/mol. The van der Waals surface area contributed by atoms with E-state index in [1.54, 1.807) is 0 Å². The highest BCUT2D eigenvalue weighted by Crippen LogP contribution is 2.24. The Morgan fingerprint density at radius 1 is 0.920 bits per heavy atom. The molecule has 5 heteroatoms. The van der Waals surface area contributed by atoms with Crippen LogP contribution in [0.4, 0.5) is 5.69 Å². The summed E-state index contributed by atoms with van der Waals surface area (Å²) in [5.74, 6) is 0.812. The standard InChI is InChI=1S/C20H18BrClN2O/c21-17-6-4-5-15(11-17)14-25-20-10-9-18(22)12-16(20)13-23-24-19-7-2-1-3-8-19/h1-12,23-24H,13-14H2. The van der Waals surface area contributed by atoms with Crippen molar-refractivity contribution in [3.63, 3.8) is 0 Å². The van der Waals surface area contributed by atoms with E-state index in [9.17, 15) is 0 Å². The van der Waals surface area contributed by atoms with Crippen molar-refractivity contribution in [3.8, 4) is 5.75 Å². The largest absolute Gasteiger partial charge is 0.489 e. The lowest BCUT2D eigenvalue weighted by atomic mass is 10.2. The third-order valence-electron chi connectivity index (χ3n) is 3.59. The number of hydrazine groups is 1. The summed E-state index contributed by atoms with van der Waals surface area (Å²) in [4.78, 5) is 0. The van der Waals surface area contributed by atoms with Gasteiger partial charge < -0.3 is 10.2 Å². The smallest absolute Gasteiger partial charge is 0.124 e. The summed E-state index contributed by atoms with van der Waals surface area (Å²) in [6.07, 6.45) is 0. The zero-order valence-electron chi connectivity index (χ0n) is 13.5. The van der Waals surface area contributed by atoms with Crippen LogP contribution in [0.25, 0.3) is 0 Å². The molecule has 3 nitrogen and oxygen atoms in total. The first-order valence-corrected chi connectivity index (χ1v) is 9.07. The molecule has 25 heavy (non-hydrogen) atoms. The molecule has 0 fully saturated rings. The van der Waals surface area contributed by atoms with Crippen LogP contribution >= 0.6 is 27.5 Å². The Labute approximate surface area is 161 Å². The minimum atomic E-state index is 0.500. The number of benzene rings is 3. The fraction of sp³-hybridized carbons (Fsp3) is 0.100. The van der Waals surface area contributed by atoms with Gasteiger partial charge in [-0.15, -0.1) is 0 Å². The van der Waals surface area contributed by atoms with Gasteiger partial charge in [0.05, 0.1) is 0 Å². The van der Waals surface area contributed by atoms with E-state index in [0.717, 1.165) is 27.0 Å². The number of ether oxygens (including phenoxy) is 1. The number of hydrogen-bond acceptors (Lipinski definition) is 3. The zero-order chi connectivity index (χ0) is 17.5. The number of anilines is 1. The van der Waals surface area contributed by atoms with Gasteiger partial charge in [-0.05, 0) is 48.0 Å². The topological polar surface area (TPSA) is 33.3 Å². The van der Waals surface area contributed by atoms with Gasteiger partial charge in [-0.3, -0.25) is 0 Å². The Bertz CT molecular complexity index is 827. The molecule has 2 N–H and O–H groups in total. The minimum absolute atomic E-state index is 0.500. The second-order valence-corrected chi connectivity index (χ2v) is 6.87. The van der Waals surface area contributed by atoms with E-state index >= 15 is 0 Å². The Morgan fingerprint density at radius 2 is 1.76 bits per heavy atom. The Morgan fingerprint density at radius 3 is 2.56 bits per heavy atom. The van der Waals surface area contributed by atoms with Crippen molar-refractivity contribution < 1.29 is 4.74 Å². The maximum atomic E-state index is 6.14. The SMILES string of the molecule is Clc1ccc(OCc2cccc(Br)c2)c(CNNc2ccccc2)c1. The van der Waals surface area contributed by atoms with E-state index in [0.29, 0.717) is 18.2 Å². The molecular formula is C20H18BrClN2O. The Kier molecular flexibility index (Phi) is 6.34. The van der Waals surface area contributed by atoms with E-state index in [-0.39, 0.29) is 0 Å². The molecule has 128 valence electrons. The highest BCUT2D eigenvalue weighted by atomic mass is 79.9. The molecule has 0 saturated carbocycles. The Hall–Kier alpha value is -2.01. The molecule has 0 aromatic heterocycles. The van der Waals surface area contributed by atoms with E-state index in [1.165, 1.54) is 0 Å². The second kappa shape index (κ2) is 8.90. The molecule has 0 radical (unpaired) electrons. The van der Waals surface area contributed by atoms with Crippen LogP contribution in [0.5, 0.6) is 5.75 Å². The molecule has 0 aliphatic rings. The van der Waals surface area contributed by atoms with Gasteiger partial charge in [-0.2, -0.15) is 0 Å². The highest BCUT2D eigenvalue weighted by Gasteiger charge is 2.06. The van der Waals surface area contributed by atoms with E-state index in [1.807, 2.05) is 72.8 Å². The lowest BCUT2D eigenvalue weighted by Crippen LogP contribution is -2.21. The summed E-state index contributed by atoms with van der Waals surface area (Å²) in [7, 11) is 0. The number of nitrogens with one attached hydrogen (secondary N) is 2. The molecular weight excluding hydrogens is 400 g/mol. The number of rotatable bonds is 7.